The molecule has 0 aromatic rings. The lowest BCUT2D eigenvalue weighted by Gasteiger charge is -2.61. The minimum atomic E-state index is -0.636. The smallest absolute Gasteiger partial charge is 0.0865 e. The van der Waals surface area contributed by atoms with Crippen LogP contribution in [0, 0.1) is 0 Å². The molecule has 0 saturated carbocycles. The maximum atomic E-state index is 13.0. The van der Waals surface area contributed by atoms with Gasteiger partial charge in [0.25, 0.3) is 0 Å². The first-order chi connectivity index (χ1) is 20.8. The number of hydrogen-bond donors (Lipinski definition) is 1. The summed E-state index contributed by atoms with van der Waals surface area (Å²) >= 11 is 0. The van der Waals surface area contributed by atoms with Gasteiger partial charge in [-0.2, -0.15) is 0 Å². The van der Waals surface area contributed by atoms with Crippen molar-refractivity contribution >= 4 is 0 Å². The van der Waals surface area contributed by atoms with E-state index in [4.69, 9.17) is 4.74 Å². The summed E-state index contributed by atoms with van der Waals surface area (Å²) in [6.07, 6.45) is 29.2. The Balaban J connectivity index is 7.78. The quantitative estimate of drug-likeness (QED) is 0.0770. The average molecular weight is 610 g/mol. The van der Waals surface area contributed by atoms with Crippen molar-refractivity contribution in [1.29, 1.82) is 0 Å². The molecule has 0 aliphatic carbocycles. The number of hydrogen-bond acceptors (Lipinski definition) is 3. The Bertz CT molecular complexity index is 581. The monoisotopic (exact) mass is 610 g/mol. The lowest BCUT2D eigenvalue weighted by Crippen LogP contribution is -2.71. The van der Waals surface area contributed by atoms with Gasteiger partial charge in [-0.1, -0.05) is 165 Å². The van der Waals surface area contributed by atoms with Crippen LogP contribution in [-0.2, 0) is 4.74 Å². The minimum absolute atomic E-state index is 0.0446. The molecule has 1 atom stereocenters. The Labute approximate surface area is 273 Å². The molecule has 0 aliphatic rings. The van der Waals surface area contributed by atoms with E-state index in [2.05, 4.69) is 67.2 Å². The van der Waals surface area contributed by atoms with Crippen LogP contribution in [0.15, 0.2) is 0 Å². The van der Waals surface area contributed by atoms with E-state index in [1.165, 1.54) is 96.3 Å². The van der Waals surface area contributed by atoms with Gasteiger partial charge in [0.1, 0.15) is 0 Å². The van der Waals surface area contributed by atoms with Gasteiger partial charge in [-0.15, -0.1) is 0 Å². The van der Waals surface area contributed by atoms with Gasteiger partial charge in [0.15, 0.2) is 0 Å². The molecule has 0 aromatic heterocycles. The van der Waals surface area contributed by atoms with E-state index in [1.54, 1.807) is 0 Å². The summed E-state index contributed by atoms with van der Waals surface area (Å²) in [5.41, 5.74) is -0.840. The van der Waals surface area contributed by atoms with Crippen LogP contribution in [0.1, 0.15) is 223 Å². The lowest BCUT2D eigenvalue weighted by atomic mass is 9.64. The normalized spacial score (nSPS) is 13.7. The fourth-order valence-electron chi connectivity index (χ4n) is 7.81. The number of rotatable bonds is 32. The predicted octanol–water partition coefficient (Wildman–Crippen LogP) is 12.8. The van der Waals surface area contributed by atoms with Crippen LogP contribution in [-0.4, -0.2) is 45.9 Å². The average Bonchev–Trinajstić information content (AvgIpc) is 3.02. The Morgan fingerprint density at radius 1 is 0.488 bits per heavy atom. The Hall–Kier alpha value is -0.120. The summed E-state index contributed by atoms with van der Waals surface area (Å²) in [7, 11) is 0. The highest BCUT2D eigenvalue weighted by Crippen LogP contribution is 2.50. The van der Waals surface area contributed by atoms with Crippen LogP contribution in [0.3, 0.4) is 0 Å². The van der Waals surface area contributed by atoms with Crippen molar-refractivity contribution < 1.29 is 9.84 Å². The van der Waals surface area contributed by atoms with Crippen molar-refractivity contribution in [2.24, 2.45) is 0 Å². The second-order valence-electron chi connectivity index (χ2n) is 14.2. The van der Waals surface area contributed by atoms with Gasteiger partial charge in [0, 0.05) is 12.6 Å². The maximum absolute atomic E-state index is 13.0. The second kappa shape index (κ2) is 26.0. The highest BCUT2D eigenvalue weighted by atomic mass is 16.5. The van der Waals surface area contributed by atoms with Crippen LogP contribution in [0.25, 0.3) is 0 Å². The molecule has 1 unspecified atom stereocenters. The first kappa shape index (κ1) is 42.9. The van der Waals surface area contributed by atoms with E-state index in [1.807, 2.05) is 0 Å². The molecule has 0 fully saturated rings. The summed E-state index contributed by atoms with van der Waals surface area (Å²) in [4.78, 5) is 3.01. The zero-order valence-electron chi connectivity index (χ0n) is 31.5. The van der Waals surface area contributed by atoms with E-state index < -0.39 is 5.60 Å². The van der Waals surface area contributed by atoms with Crippen molar-refractivity contribution in [2.75, 3.05) is 13.2 Å². The molecule has 3 nitrogen and oxygen atoms in total. The van der Waals surface area contributed by atoms with Gasteiger partial charge in [0.2, 0.25) is 0 Å². The summed E-state index contributed by atoms with van der Waals surface area (Å²) in [6, 6.07) is 0.197. The topological polar surface area (TPSA) is 32.7 Å². The molecule has 0 saturated heterocycles. The van der Waals surface area contributed by atoms with Gasteiger partial charge in [0.05, 0.1) is 16.7 Å². The fourth-order valence-corrected chi connectivity index (χ4v) is 7.81. The molecule has 260 valence electrons. The van der Waals surface area contributed by atoms with E-state index in [0.717, 1.165) is 77.4 Å². The zero-order valence-corrected chi connectivity index (χ0v) is 31.5. The van der Waals surface area contributed by atoms with Crippen LogP contribution < -0.4 is 0 Å². The van der Waals surface area contributed by atoms with Crippen molar-refractivity contribution in [1.82, 2.24) is 4.90 Å². The molecule has 0 rings (SSSR count). The molecular formula is C40H83NO2. The van der Waals surface area contributed by atoms with E-state index in [0.29, 0.717) is 0 Å². The Kier molecular flexibility index (Phi) is 25.9. The van der Waals surface area contributed by atoms with Gasteiger partial charge >= 0.3 is 0 Å². The minimum Gasteiger partial charge on any atom is -0.388 e. The molecule has 0 bridgehead atoms. The lowest BCUT2D eigenvalue weighted by molar-refractivity contribution is -0.204. The molecule has 1 N–H and O–H groups in total. The van der Waals surface area contributed by atoms with Gasteiger partial charge < -0.3 is 9.84 Å². The largest absolute Gasteiger partial charge is 0.388 e. The summed E-state index contributed by atoms with van der Waals surface area (Å²) < 4.78 is 7.50. The Morgan fingerprint density at radius 2 is 0.884 bits per heavy atom. The molecule has 0 heterocycles. The van der Waals surface area contributed by atoms with Gasteiger partial charge in [-0.25, -0.2) is 0 Å². The first-order valence-electron chi connectivity index (χ1n) is 19.9. The molecular weight excluding hydrogens is 526 g/mol. The van der Waals surface area contributed by atoms with Gasteiger partial charge in [-0.3, -0.25) is 4.90 Å². The molecule has 3 heteroatoms. The fraction of sp³-hybridized carbons (Fsp3) is 1.00. The number of ether oxygens (including phenoxy) is 1. The molecule has 0 aromatic carbocycles. The number of aliphatic hydroxyl groups is 1. The van der Waals surface area contributed by atoms with Crippen molar-refractivity contribution in [2.45, 2.75) is 246 Å². The molecule has 43 heavy (non-hydrogen) atoms. The number of nitrogens with zero attached hydrogens (tertiary/aromatic N) is 1. The SMILES string of the molecule is CCCCOC(CCCC)(CCCC)C(CCCC)(CCCC)N(CCCC)C(CCCC)C(O)(CCCC)CCCC. The predicted molar refractivity (Wildman–Crippen MR) is 193 cm³/mol. The third kappa shape index (κ3) is 14.0. The maximum Gasteiger partial charge on any atom is 0.0865 e. The second-order valence-corrected chi connectivity index (χ2v) is 14.2. The number of unbranched alkanes of at least 4 members (excludes halogenated alkanes) is 9. The van der Waals surface area contributed by atoms with E-state index >= 15 is 0 Å². The first-order valence-corrected chi connectivity index (χ1v) is 19.9. The molecule has 0 amide bonds. The standard InChI is InChI=1S/C40H83NO2/c1-10-19-28-37(38(42,29-20-11-2)30-21-12-3)41(35-26-17-8)39(31-22-13-4,32-23-14-5)40(33-24-15-6,34-25-16-7)43-36-27-18-9/h37,42H,10-36H2,1-9H3. The third-order valence-corrected chi connectivity index (χ3v) is 10.5. The highest BCUT2D eigenvalue weighted by Gasteiger charge is 2.57. The van der Waals surface area contributed by atoms with Crippen LogP contribution >= 0.6 is 0 Å². The third-order valence-electron chi connectivity index (χ3n) is 10.5. The van der Waals surface area contributed by atoms with Crippen LogP contribution in [0.5, 0.6) is 0 Å². The van der Waals surface area contributed by atoms with Crippen LogP contribution in [0.4, 0.5) is 0 Å². The van der Waals surface area contributed by atoms with E-state index in [-0.39, 0.29) is 17.2 Å². The zero-order chi connectivity index (χ0) is 32.5. The van der Waals surface area contributed by atoms with Crippen LogP contribution in [0.2, 0.25) is 0 Å². The molecule has 0 aliphatic heterocycles. The molecule has 0 radical (unpaired) electrons. The summed E-state index contributed by atoms with van der Waals surface area (Å²) in [6.45, 7) is 23.1. The summed E-state index contributed by atoms with van der Waals surface area (Å²) in [5, 5.41) is 13.0. The van der Waals surface area contributed by atoms with Gasteiger partial charge in [-0.05, 0) is 64.3 Å². The van der Waals surface area contributed by atoms with Crippen molar-refractivity contribution in [3.8, 4) is 0 Å². The van der Waals surface area contributed by atoms with Crippen molar-refractivity contribution in [3.05, 3.63) is 0 Å². The Morgan fingerprint density at radius 3 is 1.30 bits per heavy atom. The summed E-state index contributed by atoms with van der Waals surface area (Å²) in [5.74, 6) is 0. The highest BCUT2D eigenvalue weighted by molar-refractivity contribution is 5.12. The van der Waals surface area contributed by atoms with E-state index in [9.17, 15) is 5.11 Å². The van der Waals surface area contributed by atoms with Crippen molar-refractivity contribution in [3.63, 3.8) is 0 Å². The molecule has 0 spiro atoms.